The molecule has 54 valence electrons. The predicted octanol–water partition coefficient (Wildman–Crippen LogP) is 1.29. The number of nitrogens with one attached hydrogen (secondary N) is 2. The van der Waals surface area contributed by atoms with Crippen LogP contribution >= 0.6 is 15.9 Å². The van der Waals surface area contributed by atoms with Crippen LogP contribution in [0.3, 0.4) is 0 Å². The van der Waals surface area contributed by atoms with Crippen LogP contribution in [0.2, 0.25) is 0 Å². The standard InChI is InChI=1S/C5H11BrN2O/c1-3-4(6)5(7)9-8-2/h4,7-8H,3H2,1-2H3. The maximum Gasteiger partial charge on any atom is 0.220 e. The molecule has 4 heteroatoms. The van der Waals surface area contributed by atoms with Gasteiger partial charge in [-0.15, -0.1) is 0 Å². The average Bonchev–Trinajstić information content (AvgIpc) is 1.87. The number of hydrogen-bond acceptors (Lipinski definition) is 3. The third kappa shape index (κ3) is 3.48. The van der Waals surface area contributed by atoms with Crippen LogP contribution in [0.4, 0.5) is 0 Å². The molecule has 0 amide bonds. The van der Waals surface area contributed by atoms with Crippen molar-refractivity contribution in [2.45, 2.75) is 18.2 Å². The lowest BCUT2D eigenvalue weighted by atomic mass is 10.3. The summed E-state index contributed by atoms with van der Waals surface area (Å²) in [5.41, 5.74) is 2.43. The quantitative estimate of drug-likeness (QED) is 0.308. The van der Waals surface area contributed by atoms with E-state index in [1.807, 2.05) is 6.92 Å². The maximum absolute atomic E-state index is 7.16. The minimum atomic E-state index is 0.0324. The van der Waals surface area contributed by atoms with Gasteiger partial charge in [0.05, 0.1) is 4.83 Å². The summed E-state index contributed by atoms with van der Waals surface area (Å²) >= 11 is 3.25. The first-order valence-corrected chi connectivity index (χ1v) is 3.70. The van der Waals surface area contributed by atoms with Gasteiger partial charge in [-0.25, -0.2) is 0 Å². The highest BCUT2D eigenvalue weighted by molar-refractivity contribution is 9.10. The van der Waals surface area contributed by atoms with Crippen LogP contribution in [-0.2, 0) is 4.84 Å². The van der Waals surface area contributed by atoms with Crippen LogP contribution < -0.4 is 5.48 Å². The number of halogens is 1. The Hall–Kier alpha value is -0.0900. The molecule has 0 fully saturated rings. The summed E-state index contributed by atoms with van der Waals surface area (Å²) in [4.78, 5) is 4.71. The molecule has 0 saturated heterocycles. The zero-order chi connectivity index (χ0) is 7.28. The minimum absolute atomic E-state index is 0.0324. The van der Waals surface area contributed by atoms with Crippen molar-refractivity contribution in [1.29, 1.82) is 5.41 Å². The Labute approximate surface area is 63.4 Å². The minimum Gasteiger partial charge on any atom is -0.393 e. The molecule has 0 spiro atoms. The van der Waals surface area contributed by atoms with Crippen molar-refractivity contribution in [3.8, 4) is 0 Å². The van der Waals surface area contributed by atoms with E-state index in [1.54, 1.807) is 7.05 Å². The fourth-order valence-corrected chi connectivity index (χ4v) is 0.453. The van der Waals surface area contributed by atoms with Gasteiger partial charge in [-0.05, 0) is 6.42 Å². The van der Waals surface area contributed by atoms with E-state index in [-0.39, 0.29) is 10.7 Å². The predicted molar refractivity (Wildman–Crippen MR) is 40.9 cm³/mol. The van der Waals surface area contributed by atoms with Crippen molar-refractivity contribution in [3.05, 3.63) is 0 Å². The molecule has 0 bridgehead atoms. The molecule has 1 atom stereocenters. The van der Waals surface area contributed by atoms with Crippen LogP contribution in [0, 0.1) is 5.41 Å². The summed E-state index contributed by atoms with van der Waals surface area (Å²) in [6.07, 6.45) is 0.862. The van der Waals surface area contributed by atoms with Gasteiger partial charge in [0.1, 0.15) is 0 Å². The van der Waals surface area contributed by atoms with Crippen LogP contribution in [0.25, 0.3) is 0 Å². The van der Waals surface area contributed by atoms with Crippen molar-refractivity contribution in [2.24, 2.45) is 0 Å². The normalized spacial score (nSPS) is 12.8. The average molecular weight is 195 g/mol. The molecule has 0 aliphatic carbocycles. The Morgan fingerprint density at radius 3 is 2.78 bits per heavy atom. The van der Waals surface area contributed by atoms with Gasteiger partial charge >= 0.3 is 0 Å². The van der Waals surface area contributed by atoms with Crippen molar-refractivity contribution in [2.75, 3.05) is 7.05 Å². The number of alkyl halides is 1. The molecule has 3 nitrogen and oxygen atoms in total. The second-order valence-corrected chi connectivity index (χ2v) is 2.65. The molecular formula is C5H11BrN2O. The van der Waals surface area contributed by atoms with Crippen LogP contribution in [-0.4, -0.2) is 17.8 Å². The summed E-state index contributed by atoms with van der Waals surface area (Å²) in [6.45, 7) is 1.98. The zero-order valence-electron chi connectivity index (χ0n) is 5.57. The Balaban J connectivity index is 3.46. The van der Waals surface area contributed by atoms with Crippen molar-refractivity contribution in [1.82, 2.24) is 5.48 Å². The Kier molecular flexibility index (Phi) is 4.71. The summed E-state index contributed by atoms with van der Waals surface area (Å²) in [5.74, 6) is 0.222. The molecule has 0 aliphatic heterocycles. The first-order valence-electron chi connectivity index (χ1n) is 2.78. The van der Waals surface area contributed by atoms with Gasteiger partial charge in [0.15, 0.2) is 0 Å². The molecule has 0 radical (unpaired) electrons. The van der Waals surface area contributed by atoms with Crippen molar-refractivity contribution < 1.29 is 4.84 Å². The van der Waals surface area contributed by atoms with E-state index >= 15 is 0 Å². The molecule has 0 aromatic carbocycles. The molecule has 2 N–H and O–H groups in total. The number of hydroxylamine groups is 1. The molecule has 0 saturated carbocycles. The highest BCUT2D eigenvalue weighted by Crippen LogP contribution is 2.05. The summed E-state index contributed by atoms with van der Waals surface area (Å²) in [5, 5.41) is 7.16. The third-order valence-corrected chi connectivity index (χ3v) is 1.92. The summed E-state index contributed by atoms with van der Waals surface area (Å²) in [7, 11) is 1.63. The van der Waals surface area contributed by atoms with E-state index in [1.165, 1.54) is 0 Å². The third-order valence-electron chi connectivity index (χ3n) is 0.855. The first-order chi connectivity index (χ1) is 4.22. The van der Waals surface area contributed by atoms with Crippen LogP contribution in [0.1, 0.15) is 13.3 Å². The Morgan fingerprint density at radius 2 is 2.44 bits per heavy atom. The van der Waals surface area contributed by atoms with E-state index in [9.17, 15) is 0 Å². The smallest absolute Gasteiger partial charge is 0.220 e. The molecule has 0 aromatic rings. The first kappa shape index (κ1) is 8.91. The highest BCUT2D eigenvalue weighted by atomic mass is 79.9. The fraction of sp³-hybridized carbons (Fsp3) is 0.800. The van der Waals surface area contributed by atoms with Crippen LogP contribution in [0.5, 0.6) is 0 Å². The molecular weight excluding hydrogens is 184 g/mol. The highest BCUT2D eigenvalue weighted by Gasteiger charge is 2.07. The monoisotopic (exact) mass is 194 g/mol. The number of hydrogen-bond donors (Lipinski definition) is 2. The largest absolute Gasteiger partial charge is 0.393 e. The van der Waals surface area contributed by atoms with Crippen molar-refractivity contribution in [3.63, 3.8) is 0 Å². The van der Waals surface area contributed by atoms with E-state index < -0.39 is 0 Å². The molecule has 0 aromatic heterocycles. The fourth-order valence-electron chi connectivity index (χ4n) is 0.359. The van der Waals surface area contributed by atoms with Gasteiger partial charge in [0.25, 0.3) is 0 Å². The molecule has 1 unspecified atom stereocenters. The molecule has 0 aliphatic rings. The lowest BCUT2D eigenvalue weighted by Crippen LogP contribution is -2.22. The maximum atomic E-state index is 7.16. The van der Waals surface area contributed by atoms with Gasteiger partial charge in [0, 0.05) is 7.05 Å². The van der Waals surface area contributed by atoms with E-state index in [2.05, 4.69) is 26.2 Å². The van der Waals surface area contributed by atoms with Gasteiger partial charge in [-0.3, -0.25) is 5.41 Å². The zero-order valence-corrected chi connectivity index (χ0v) is 7.16. The Morgan fingerprint density at radius 1 is 1.89 bits per heavy atom. The van der Waals surface area contributed by atoms with Gasteiger partial charge < -0.3 is 4.84 Å². The number of rotatable bonds is 3. The lowest BCUT2D eigenvalue weighted by Gasteiger charge is -2.07. The topological polar surface area (TPSA) is 45.1 Å². The Bertz CT molecular complexity index is 97.0. The van der Waals surface area contributed by atoms with E-state index in [0.29, 0.717) is 0 Å². The summed E-state index contributed by atoms with van der Waals surface area (Å²) in [6, 6.07) is 0. The van der Waals surface area contributed by atoms with Gasteiger partial charge in [0.2, 0.25) is 5.90 Å². The van der Waals surface area contributed by atoms with Gasteiger partial charge in [-0.2, -0.15) is 5.48 Å². The van der Waals surface area contributed by atoms with Gasteiger partial charge in [-0.1, -0.05) is 22.9 Å². The molecule has 0 heterocycles. The van der Waals surface area contributed by atoms with E-state index in [4.69, 9.17) is 5.41 Å². The van der Waals surface area contributed by atoms with E-state index in [0.717, 1.165) is 6.42 Å². The molecule has 0 rings (SSSR count). The second-order valence-electron chi connectivity index (χ2n) is 1.55. The molecule has 9 heavy (non-hydrogen) atoms. The SMILES string of the molecule is CCC(Br)C(=N)ONC. The lowest BCUT2D eigenvalue weighted by molar-refractivity contribution is 0.200. The second kappa shape index (κ2) is 4.76. The summed E-state index contributed by atoms with van der Waals surface area (Å²) < 4.78 is 0. The van der Waals surface area contributed by atoms with Crippen LogP contribution in [0.15, 0.2) is 0 Å². The van der Waals surface area contributed by atoms with Crippen molar-refractivity contribution >= 4 is 21.8 Å².